The molecule has 2 aromatic heterocycles. The first-order valence-corrected chi connectivity index (χ1v) is 12.7. The van der Waals surface area contributed by atoms with Crippen LogP contribution in [-0.2, 0) is 0 Å². The van der Waals surface area contributed by atoms with Crippen molar-refractivity contribution in [3.63, 3.8) is 0 Å². The number of H-pyrrole nitrogens is 1. The summed E-state index contributed by atoms with van der Waals surface area (Å²) >= 11 is 0. The third kappa shape index (κ3) is 5.68. The molecule has 9 heteroatoms. The van der Waals surface area contributed by atoms with Gasteiger partial charge >= 0.3 is 6.03 Å². The molecule has 1 aromatic carbocycles. The van der Waals surface area contributed by atoms with Crippen LogP contribution in [0.3, 0.4) is 0 Å². The van der Waals surface area contributed by atoms with Crippen molar-refractivity contribution in [3.05, 3.63) is 54.1 Å². The first kappa shape index (κ1) is 24.3. The molecule has 9 nitrogen and oxygen atoms in total. The predicted molar refractivity (Wildman–Crippen MR) is 142 cm³/mol. The van der Waals surface area contributed by atoms with Crippen LogP contribution in [0.15, 0.2) is 42.9 Å². The molecule has 1 fully saturated rings. The number of nitrogens with zero attached hydrogens (tertiary/aromatic N) is 5. The fourth-order valence-corrected chi connectivity index (χ4v) is 4.85. The Morgan fingerprint density at radius 2 is 2.03 bits per heavy atom. The summed E-state index contributed by atoms with van der Waals surface area (Å²) in [5, 5.41) is 4.08. The minimum atomic E-state index is -0.108. The van der Waals surface area contributed by atoms with Crippen molar-refractivity contribution in [3.8, 4) is 5.75 Å². The lowest BCUT2D eigenvalue weighted by molar-refractivity contribution is 0.145. The second-order valence-electron chi connectivity index (χ2n) is 9.65. The summed E-state index contributed by atoms with van der Waals surface area (Å²) in [7, 11) is 2.17. The largest absolute Gasteiger partial charge is 0.493 e. The van der Waals surface area contributed by atoms with Gasteiger partial charge in [0, 0.05) is 69.2 Å². The Morgan fingerprint density at radius 3 is 2.83 bits per heavy atom. The van der Waals surface area contributed by atoms with Crippen LogP contribution in [0.4, 0.5) is 10.5 Å². The van der Waals surface area contributed by atoms with Gasteiger partial charge in [-0.15, -0.1) is 0 Å². The van der Waals surface area contributed by atoms with E-state index in [2.05, 4.69) is 50.1 Å². The number of hydrogen-bond acceptors (Lipinski definition) is 6. The van der Waals surface area contributed by atoms with Gasteiger partial charge in [0.2, 0.25) is 0 Å². The van der Waals surface area contributed by atoms with Gasteiger partial charge in [0.15, 0.2) is 0 Å². The number of carbonyl (C=O) groups is 1. The Hall–Kier alpha value is -3.43. The van der Waals surface area contributed by atoms with Gasteiger partial charge in [0.05, 0.1) is 12.3 Å². The van der Waals surface area contributed by atoms with E-state index in [-0.39, 0.29) is 6.03 Å². The number of benzene rings is 1. The molecule has 0 radical (unpaired) electrons. The van der Waals surface area contributed by atoms with E-state index in [1.807, 2.05) is 35.4 Å². The maximum Gasteiger partial charge on any atom is 0.322 e. The average molecular weight is 490 g/mol. The average Bonchev–Trinajstić information content (AvgIpc) is 3.29. The molecular weight excluding hydrogens is 454 g/mol. The van der Waals surface area contributed by atoms with Crippen molar-refractivity contribution in [2.45, 2.75) is 19.8 Å². The first-order chi connectivity index (χ1) is 17.6. The smallest absolute Gasteiger partial charge is 0.322 e. The number of amides is 2. The Bertz CT molecular complexity index is 1230. The molecule has 0 unspecified atom stereocenters. The minimum Gasteiger partial charge on any atom is -0.493 e. The highest BCUT2D eigenvalue weighted by atomic mass is 16.5. The second kappa shape index (κ2) is 11.1. The molecule has 3 aromatic rings. The number of anilines is 1. The normalized spacial score (nSPS) is 17.3. The lowest BCUT2D eigenvalue weighted by Crippen LogP contribution is -2.44. The number of urea groups is 1. The number of nitrogens with one attached hydrogen (secondary N) is 2. The summed E-state index contributed by atoms with van der Waals surface area (Å²) in [5.41, 5.74) is 4.83. The molecule has 2 N–H and O–H groups in total. The van der Waals surface area contributed by atoms with Gasteiger partial charge in [0.25, 0.3) is 0 Å². The highest BCUT2D eigenvalue weighted by Gasteiger charge is 2.21. The van der Waals surface area contributed by atoms with E-state index in [1.54, 1.807) is 6.33 Å². The molecule has 2 amide bonds. The molecule has 4 heterocycles. The van der Waals surface area contributed by atoms with Gasteiger partial charge in [0.1, 0.15) is 17.7 Å². The van der Waals surface area contributed by atoms with Gasteiger partial charge in [-0.25, -0.2) is 14.8 Å². The van der Waals surface area contributed by atoms with Crippen LogP contribution in [0, 0.1) is 6.92 Å². The topological polar surface area (TPSA) is 89.6 Å². The monoisotopic (exact) mass is 489 g/mol. The summed E-state index contributed by atoms with van der Waals surface area (Å²) in [6.45, 7) is 9.47. The predicted octanol–water partition coefficient (Wildman–Crippen LogP) is 3.60. The fourth-order valence-electron chi connectivity index (χ4n) is 4.85. The summed E-state index contributed by atoms with van der Waals surface area (Å²) < 4.78 is 5.96. The summed E-state index contributed by atoms with van der Waals surface area (Å²) in [6, 6.07) is 7.53. The molecule has 1 saturated heterocycles. The highest BCUT2D eigenvalue weighted by molar-refractivity contribution is 5.93. The molecule has 0 bridgehead atoms. The van der Waals surface area contributed by atoms with Crippen molar-refractivity contribution in [2.75, 3.05) is 64.8 Å². The summed E-state index contributed by atoms with van der Waals surface area (Å²) in [6.07, 6.45) is 7.38. The third-order valence-corrected chi connectivity index (χ3v) is 7.04. The number of aromatic nitrogens is 3. The molecular formula is C27H35N7O2. The van der Waals surface area contributed by atoms with Crippen molar-refractivity contribution < 1.29 is 9.53 Å². The second-order valence-corrected chi connectivity index (χ2v) is 9.65. The number of likely N-dealkylation sites (N-methyl/N-ethyl adjacent to an activating group) is 1. The number of fused-ring (bicyclic) bond motifs is 1. The molecule has 36 heavy (non-hydrogen) atoms. The van der Waals surface area contributed by atoms with E-state index in [0.717, 1.165) is 84.9 Å². The number of rotatable bonds is 7. The van der Waals surface area contributed by atoms with Crippen LogP contribution in [0.1, 0.15) is 24.1 Å². The Kier molecular flexibility index (Phi) is 7.48. The Morgan fingerprint density at radius 1 is 1.17 bits per heavy atom. The number of aromatic amines is 1. The maximum absolute atomic E-state index is 12.9. The molecule has 2 aliphatic heterocycles. The zero-order valence-electron chi connectivity index (χ0n) is 21.2. The van der Waals surface area contributed by atoms with E-state index >= 15 is 0 Å². The Balaban J connectivity index is 1.12. The number of ether oxygens (including phenoxy) is 1. The van der Waals surface area contributed by atoms with E-state index < -0.39 is 0 Å². The molecule has 0 atom stereocenters. The summed E-state index contributed by atoms with van der Waals surface area (Å²) in [4.78, 5) is 31.6. The van der Waals surface area contributed by atoms with Crippen molar-refractivity contribution in [2.24, 2.45) is 0 Å². The quantitative estimate of drug-likeness (QED) is 0.493. The molecule has 0 saturated carbocycles. The maximum atomic E-state index is 12.9. The zero-order chi connectivity index (χ0) is 24.9. The van der Waals surface area contributed by atoms with Crippen LogP contribution >= 0.6 is 0 Å². The van der Waals surface area contributed by atoms with Crippen LogP contribution in [0.5, 0.6) is 5.75 Å². The van der Waals surface area contributed by atoms with Gasteiger partial charge in [-0.1, -0.05) is 12.1 Å². The fraction of sp³-hybridized carbons (Fsp3) is 0.444. The number of carbonyl (C=O) groups excluding carboxylic acids is 1. The first-order valence-electron chi connectivity index (χ1n) is 12.7. The molecule has 0 aliphatic carbocycles. The highest BCUT2D eigenvalue weighted by Crippen LogP contribution is 2.28. The SMILES string of the molecule is Cc1c[nH]c2ncnc(C3=CCN(C(=O)Nc4cccc(OCCCN5CCN(C)CC5)c4)CC3)c12. The summed E-state index contributed by atoms with van der Waals surface area (Å²) in [5.74, 6) is 0.779. The van der Waals surface area contributed by atoms with Gasteiger partial charge < -0.3 is 29.7 Å². The molecule has 5 rings (SSSR count). The lowest BCUT2D eigenvalue weighted by atomic mass is 10.0. The van der Waals surface area contributed by atoms with Gasteiger partial charge in [-0.2, -0.15) is 0 Å². The van der Waals surface area contributed by atoms with Gasteiger partial charge in [-0.3, -0.25) is 0 Å². The van der Waals surface area contributed by atoms with E-state index in [1.165, 1.54) is 0 Å². The molecule has 190 valence electrons. The van der Waals surface area contributed by atoms with Crippen molar-refractivity contribution in [1.29, 1.82) is 0 Å². The molecule has 2 aliphatic rings. The standard InChI is InChI=1S/C27H35N7O2/c1-20-18-28-26-24(20)25(29-19-30-26)21-7-10-34(11-8-21)27(35)31-22-5-3-6-23(17-22)36-16-4-9-33-14-12-32(2)13-15-33/h3,5-7,17-19H,4,8-16H2,1-2H3,(H,31,35)(H,28,29,30). The zero-order valence-corrected chi connectivity index (χ0v) is 21.2. The third-order valence-electron chi connectivity index (χ3n) is 7.04. The van der Waals surface area contributed by atoms with Crippen LogP contribution in [0.2, 0.25) is 0 Å². The van der Waals surface area contributed by atoms with E-state index in [0.29, 0.717) is 19.7 Å². The number of aryl methyl sites for hydroxylation is 1. The van der Waals surface area contributed by atoms with Crippen LogP contribution < -0.4 is 10.1 Å². The van der Waals surface area contributed by atoms with Crippen molar-refractivity contribution in [1.82, 2.24) is 29.7 Å². The van der Waals surface area contributed by atoms with Gasteiger partial charge in [-0.05, 0) is 50.1 Å². The van der Waals surface area contributed by atoms with Crippen molar-refractivity contribution >= 4 is 28.3 Å². The molecule has 0 spiro atoms. The lowest BCUT2D eigenvalue weighted by Gasteiger charge is -2.32. The van der Waals surface area contributed by atoms with Crippen LogP contribution in [0.25, 0.3) is 16.6 Å². The van der Waals surface area contributed by atoms with E-state index in [4.69, 9.17) is 4.74 Å². The minimum absolute atomic E-state index is 0.108. The number of piperazine rings is 1. The van der Waals surface area contributed by atoms with E-state index in [9.17, 15) is 4.79 Å². The Labute approximate surface area is 212 Å². The van der Waals surface area contributed by atoms with Crippen LogP contribution in [-0.4, -0.2) is 95.2 Å². The number of hydrogen-bond donors (Lipinski definition) is 2.